The highest BCUT2D eigenvalue weighted by Crippen LogP contribution is 2.10. The SMILES string of the molecule is CSCC[C@H](N)c1ncccn1. The van der Waals surface area contributed by atoms with Crippen molar-refractivity contribution in [3.05, 3.63) is 24.3 Å². The van der Waals surface area contributed by atoms with E-state index in [0.29, 0.717) is 0 Å². The van der Waals surface area contributed by atoms with Crippen molar-refractivity contribution in [2.24, 2.45) is 5.73 Å². The third kappa shape index (κ3) is 2.79. The van der Waals surface area contributed by atoms with Gasteiger partial charge in [0.05, 0.1) is 6.04 Å². The van der Waals surface area contributed by atoms with Gasteiger partial charge in [-0.25, -0.2) is 9.97 Å². The molecule has 1 rings (SSSR count). The zero-order chi connectivity index (χ0) is 8.81. The molecule has 0 bridgehead atoms. The summed E-state index contributed by atoms with van der Waals surface area (Å²) in [7, 11) is 0. The normalized spacial score (nSPS) is 12.8. The smallest absolute Gasteiger partial charge is 0.144 e. The van der Waals surface area contributed by atoms with Crippen molar-refractivity contribution in [1.82, 2.24) is 9.97 Å². The van der Waals surface area contributed by atoms with Gasteiger partial charge in [-0.3, -0.25) is 0 Å². The number of thioether (sulfide) groups is 1. The van der Waals surface area contributed by atoms with Crippen LogP contribution in [-0.4, -0.2) is 22.0 Å². The van der Waals surface area contributed by atoms with Crippen LogP contribution in [0.1, 0.15) is 18.3 Å². The van der Waals surface area contributed by atoms with Gasteiger partial charge in [-0.2, -0.15) is 11.8 Å². The first kappa shape index (κ1) is 9.48. The highest BCUT2D eigenvalue weighted by Gasteiger charge is 2.06. The summed E-state index contributed by atoms with van der Waals surface area (Å²) < 4.78 is 0. The van der Waals surface area contributed by atoms with Crippen LogP contribution in [0.25, 0.3) is 0 Å². The fraction of sp³-hybridized carbons (Fsp3) is 0.500. The number of rotatable bonds is 4. The van der Waals surface area contributed by atoms with Crippen LogP contribution in [0.5, 0.6) is 0 Å². The minimum absolute atomic E-state index is 0.0151. The average molecular weight is 183 g/mol. The fourth-order valence-electron chi connectivity index (χ4n) is 0.876. The maximum atomic E-state index is 5.84. The van der Waals surface area contributed by atoms with E-state index in [9.17, 15) is 0 Å². The predicted octanol–water partition coefficient (Wildman–Crippen LogP) is 1.23. The summed E-state index contributed by atoms with van der Waals surface area (Å²) in [6.45, 7) is 0. The molecular weight excluding hydrogens is 170 g/mol. The van der Waals surface area contributed by atoms with E-state index in [1.807, 2.05) is 0 Å². The van der Waals surface area contributed by atoms with Crippen molar-refractivity contribution >= 4 is 11.8 Å². The Morgan fingerprint density at radius 2 is 2.17 bits per heavy atom. The molecule has 1 heterocycles. The van der Waals surface area contributed by atoms with Gasteiger partial charge in [-0.05, 0) is 24.5 Å². The summed E-state index contributed by atoms with van der Waals surface area (Å²) in [4.78, 5) is 8.17. The molecular formula is C8H13N3S. The standard InChI is InChI=1S/C8H13N3S/c1-12-6-3-7(9)8-10-4-2-5-11-8/h2,4-5,7H,3,6,9H2,1H3/t7-/m0/s1. The van der Waals surface area contributed by atoms with Crippen LogP contribution in [0.4, 0.5) is 0 Å². The van der Waals surface area contributed by atoms with E-state index in [1.54, 1.807) is 30.2 Å². The first-order chi connectivity index (χ1) is 5.84. The Kier molecular flexibility index (Phi) is 4.04. The first-order valence-electron chi connectivity index (χ1n) is 3.86. The molecule has 1 aromatic rings. The molecule has 0 aliphatic heterocycles. The second-order valence-corrected chi connectivity index (χ2v) is 3.48. The van der Waals surface area contributed by atoms with Crippen LogP contribution in [0.3, 0.4) is 0 Å². The zero-order valence-electron chi connectivity index (χ0n) is 7.10. The summed E-state index contributed by atoms with van der Waals surface area (Å²) in [5.74, 6) is 1.80. The maximum absolute atomic E-state index is 5.84. The third-order valence-corrected chi connectivity index (χ3v) is 2.19. The second-order valence-electron chi connectivity index (χ2n) is 2.49. The summed E-state index contributed by atoms with van der Waals surface area (Å²) in [5, 5.41) is 0. The Balaban J connectivity index is 2.48. The van der Waals surface area contributed by atoms with E-state index < -0.39 is 0 Å². The fourth-order valence-corrected chi connectivity index (χ4v) is 1.37. The van der Waals surface area contributed by atoms with E-state index in [0.717, 1.165) is 18.0 Å². The minimum atomic E-state index is -0.0151. The van der Waals surface area contributed by atoms with Gasteiger partial charge >= 0.3 is 0 Å². The predicted molar refractivity (Wildman–Crippen MR) is 52.0 cm³/mol. The van der Waals surface area contributed by atoms with Gasteiger partial charge in [0.1, 0.15) is 5.82 Å². The lowest BCUT2D eigenvalue weighted by molar-refractivity contribution is 0.654. The highest BCUT2D eigenvalue weighted by atomic mass is 32.2. The lowest BCUT2D eigenvalue weighted by Crippen LogP contribution is -2.14. The second kappa shape index (κ2) is 5.11. The van der Waals surface area contributed by atoms with E-state index in [1.165, 1.54) is 0 Å². The number of nitrogens with zero attached hydrogens (tertiary/aromatic N) is 2. The number of hydrogen-bond donors (Lipinski definition) is 1. The van der Waals surface area contributed by atoms with Crippen molar-refractivity contribution in [1.29, 1.82) is 0 Å². The van der Waals surface area contributed by atoms with Crippen LogP contribution in [-0.2, 0) is 0 Å². The van der Waals surface area contributed by atoms with E-state index in [4.69, 9.17) is 5.73 Å². The quantitative estimate of drug-likeness (QED) is 0.762. The van der Waals surface area contributed by atoms with Crippen LogP contribution in [0.15, 0.2) is 18.5 Å². The van der Waals surface area contributed by atoms with Gasteiger partial charge in [-0.1, -0.05) is 0 Å². The van der Waals surface area contributed by atoms with Crippen LogP contribution < -0.4 is 5.73 Å². The topological polar surface area (TPSA) is 51.8 Å². The lowest BCUT2D eigenvalue weighted by Gasteiger charge is -2.07. The molecule has 1 atom stereocenters. The zero-order valence-corrected chi connectivity index (χ0v) is 7.92. The van der Waals surface area contributed by atoms with Crippen LogP contribution >= 0.6 is 11.8 Å². The van der Waals surface area contributed by atoms with Crippen molar-refractivity contribution < 1.29 is 0 Å². The molecule has 2 N–H and O–H groups in total. The summed E-state index contributed by atoms with van der Waals surface area (Å²) in [6, 6.07) is 1.78. The number of hydrogen-bond acceptors (Lipinski definition) is 4. The van der Waals surface area contributed by atoms with Crippen molar-refractivity contribution in [2.75, 3.05) is 12.0 Å². The van der Waals surface area contributed by atoms with Gasteiger partial charge in [-0.15, -0.1) is 0 Å². The van der Waals surface area contributed by atoms with Gasteiger partial charge in [0.2, 0.25) is 0 Å². The largest absolute Gasteiger partial charge is 0.321 e. The Bertz CT molecular complexity index is 215. The molecule has 0 aliphatic carbocycles. The van der Waals surface area contributed by atoms with E-state index >= 15 is 0 Å². The van der Waals surface area contributed by atoms with Gasteiger partial charge < -0.3 is 5.73 Å². The molecule has 0 fully saturated rings. The van der Waals surface area contributed by atoms with E-state index in [-0.39, 0.29) is 6.04 Å². The molecule has 66 valence electrons. The average Bonchev–Trinajstić information content (AvgIpc) is 2.15. The first-order valence-corrected chi connectivity index (χ1v) is 5.25. The molecule has 0 saturated carbocycles. The molecule has 0 unspecified atom stereocenters. The Labute approximate surface area is 76.8 Å². The Morgan fingerprint density at radius 3 is 2.75 bits per heavy atom. The number of nitrogens with two attached hydrogens (primary N) is 1. The summed E-state index contributed by atoms with van der Waals surface area (Å²) in [6.07, 6.45) is 6.45. The molecule has 0 spiro atoms. The molecule has 0 saturated heterocycles. The Hall–Kier alpha value is -0.610. The third-order valence-electron chi connectivity index (χ3n) is 1.55. The molecule has 12 heavy (non-hydrogen) atoms. The number of aromatic nitrogens is 2. The molecule has 3 nitrogen and oxygen atoms in total. The maximum Gasteiger partial charge on any atom is 0.144 e. The molecule has 0 amide bonds. The van der Waals surface area contributed by atoms with Crippen LogP contribution in [0.2, 0.25) is 0 Å². The molecule has 4 heteroatoms. The molecule has 0 radical (unpaired) electrons. The van der Waals surface area contributed by atoms with Gasteiger partial charge in [0.15, 0.2) is 0 Å². The van der Waals surface area contributed by atoms with Crippen molar-refractivity contribution in [3.63, 3.8) is 0 Å². The van der Waals surface area contributed by atoms with Crippen LogP contribution in [0, 0.1) is 0 Å². The molecule has 1 aromatic heterocycles. The van der Waals surface area contributed by atoms with Gasteiger partial charge in [0, 0.05) is 12.4 Å². The summed E-state index contributed by atoms with van der Waals surface area (Å²) >= 11 is 1.79. The molecule has 0 aromatic carbocycles. The van der Waals surface area contributed by atoms with Crippen molar-refractivity contribution in [2.45, 2.75) is 12.5 Å². The minimum Gasteiger partial charge on any atom is -0.321 e. The lowest BCUT2D eigenvalue weighted by atomic mass is 10.2. The highest BCUT2D eigenvalue weighted by molar-refractivity contribution is 7.98. The molecule has 0 aliphatic rings. The Morgan fingerprint density at radius 1 is 1.50 bits per heavy atom. The van der Waals surface area contributed by atoms with Gasteiger partial charge in [0.25, 0.3) is 0 Å². The monoisotopic (exact) mass is 183 g/mol. The summed E-state index contributed by atoms with van der Waals surface area (Å²) in [5.41, 5.74) is 5.84. The van der Waals surface area contributed by atoms with E-state index in [2.05, 4.69) is 16.2 Å². The van der Waals surface area contributed by atoms with Crippen molar-refractivity contribution in [3.8, 4) is 0 Å².